The Morgan fingerprint density at radius 2 is 1.61 bits per heavy atom. The first-order valence-corrected chi connectivity index (χ1v) is 11.1. The van der Waals surface area contributed by atoms with Gasteiger partial charge in [-0.25, -0.2) is 14.4 Å². The predicted octanol–water partition coefficient (Wildman–Crippen LogP) is 7.57. The van der Waals surface area contributed by atoms with Gasteiger partial charge in [-0.1, -0.05) is 40.9 Å². The van der Waals surface area contributed by atoms with Crippen molar-refractivity contribution >= 4 is 52.4 Å². The number of benzene rings is 2. The van der Waals surface area contributed by atoms with Crippen molar-refractivity contribution in [3.05, 3.63) is 86.1 Å². The zero-order valence-electron chi connectivity index (χ0n) is 18.2. The molecule has 202 valence electrons. The van der Waals surface area contributed by atoms with Gasteiger partial charge < -0.3 is 5.11 Å². The van der Waals surface area contributed by atoms with Crippen LogP contribution in [-0.4, -0.2) is 27.2 Å². The summed E-state index contributed by atoms with van der Waals surface area (Å²) in [5.74, 6) is -6.34. The highest BCUT2D eigenvalue weighted by atomic mass is 35.5. The fourth-order valence-corrected chi connectivity index (χ4v) is 3.72. The molecule has 0 bridgehead atoms. The smallest absolute Gasteiger partial charge is 0.417 e. The van der Waals surface area contributed by atoms with Gasteiger partial charge >= 0.3 is 12.4 Å². The Balaban J connectivity index is 1.98. The average molecular weight is 604 g/mol. The van der Waals surface area contributed by atoms with E-state index in [2.05, 4.69) is 15.4 Å². The number of halogens is 10. The van der Waals surface area contributed by atoms with Crippen molar-refractivity contribution in [2.75, 3.05) is 5.43 Å². The van der Waals surface area contributed by atoms with Crippen molar-refractivity contribution < 1.29 is 40.6 Å². The van der Waals surface area contributed by atoms with Gasteiger partial charge in [-0.3, -0.25) is 15.6 Å². The van der Waals surface area contributed by atoms with E-state index >= 15 is 0 Å². The number of carbonyl (C=O) groups excluding carboxylic acids is 1. The molecule has 3 rings (SSSR count). The number of nitrogens with zero attached hydrogens (tertiary/aromatic N) is 2. The van der Waals surface area contributed by atoms with E-state index in [4.69, 9.17) is 34.8 Å². The maximum Gasteiger partial charge on any atom is 0.417 e. The summed E-state index contributed by atoms with van der Waals surface area (Å²) in [6.07, 6.45) is -9.34. The van der Waals surface area contributed by atoms with Crippen LogP contribution >= 0.6 is 34.8 Å². The van der Waals surface area contributed by atoms with Gasteiger partial charge in [0.25, 0.3) is 5.91 Å². The van der Waals surface area contributed by atoms with Crippen molar-refractivity contribution in [1.82, 2.24) is 15.4 Å². The van der Waals surface area contributed by atoms with Crippen molar-refractivity contribution in [3.63, 3.8) is 0 Å². The number of anilines is 1. The topological polar surface area (TPSA) is 87.1 Å². The van der Waals surface area contributed by atoms with E-state index in [0.717, 1.165) is 24.5 Å². The van der Waals surface area contributed by atoms with Gasteiger partial charge in [0.05, 0.1) is 26.2 Å². The minimum absolute atomic E-state index is 0.0499. The molecular weight excluding hydrogens is 592 g/mol. The van der Waals surface area contributed by atoms with Crippen LogP contribution in [0.1, 0.15) is 33.0 Å². The zero-order valence-corrected chi connectivity index (χ0v) is 20.5. The molecule has 1 amide bonds. The van der Waals surface area contributed by atoms with Crippen LogP contribution in [0.2, 0.25) is 15.1 Å². The number of alkyl halides is 6. The number of aromatic hydroxyl groups is 1. The average Bonchev–Trinajstić information content (AvgIpc) is 2.82. The fourth-order valence-electron chi connectivity index (χ4n) is 3.11. The van der Waals surface area contributed by atoms with Crippen LogP contribution < -0.4 is 10.9 Å². The Labute approximate surface area is 224 Å². The summed E-state index contributed by atoms with van der Waals surface area (Å²) < 4.78 is 97.2. The van der Waals surface area contributed by atoms with Gasteiger partial charge in [-0.15, -0.1) is 0 Å². The van der Waals surface area contributed by atoms with Gasteiger partial charge in [-0.05, 0) is 35.9 Å². The number of hydrazine groups is 1. The molecule has 1 unspecified atom stereocenters. The largest absolute Gasteiger partial charge is 0.493 e. The molecule has 38 heavy (non-hydrogen) atoms. The lowest BCUT2D eigenvalue weighted by molar-refractivity contribution is -0.140. The molecule has 0 saturated carbocycles. The lowest BCUT2D eigenvalue weighted by Gasteiger charge is -2.19. The molecule has 3 aromatic rings. The molecule has 0 fully saturated rings. The molecule has 3 N–H and O–H groups in total. The van der Waals surface area contributed by atoms with Crippen LogP contribution in [0.15, 0.2) is 48.8 Å². The van der Waals surface area contributed by atoms with Crippen molar-refractivity contribution in [2.45, 2.75) is 18.3 Å². The summed E-state index contributed by atoms with van der Waals surface area (Å²) in [7, 11) is 0. The molecule has 2 aromatic carbocycles. The summed E-state index contributed by atoms with van der Waals surface area (Å²) in [6.45, 7) is 0. The van der Waals surface area contributed by atoms with E-state index in [0.29, 0.717) is 12.1 Å². The van der Waals surface area contributed by atoms with Crippen LogP contribution in [-0.2, 0) is 6.18 Å². The summed E-state index contributed by atoms with van der Waals surface area (Å²) in [4.78, 5) is 19.4. The third kappa shape index (κ3) is 6.97. The number of allylic oxidation sites excluding steroid dienone is 1. The van der Waals surface area contributed by atoms with Gasteiger partial charge in [0.15, 0.2) is 5.82 Å². The molecule has 1 aromatic heterocycles. The van der Waals surface area contributed by atoms with Gasteiger partial charge in [0, 0.05) is 11.6 Å². The molecule has 0 aliphatic carbocycles. The van der Waals surface area contributed by atoms with Crippen LogP contribution in [0.4, 0.5) is 36.6 Å². The third-order valence-electron chi connectivity index (χ3n) is 4.83. The first-order valence-electron chi connectivity index (χ1n) is 9.95. The molecule has 1 heterocycles. The van der Waals surface area contributed by atoms with E-state index in [-0.39, 0.29) is 33.0 Å². The summed E-state index contributed by atoms with van der Waals surface area (Å²) in [5, 5.41) is 8.33. The molecule has 0 aliphatic heterocycles. The quantitative estimate of drug-likeness (QED) is 0.154. The van der Waals surface area contributed by atoms with Crippen LogP contribution in [0, 0.1) is 0 Å². The molecule has 0 saturated heterocycles. The number of hydrogen-bond acceptors (Lipinski definition) is 5. The zero-order chi connectivity index (χ0) is 28.4. The second-order valence-corrected chi connectivity index (χ2v) is 8.62. The lowest BCUT2D eigenvalue weighted by Crippen LogP contribution is -2.31. The highest BCUT2D eigenvalue weighted by molar-refractivity contribution is 6.48. The fraction of sp³-hybridized carbons (Fsp3) is 0.136. The Hall–Kier alpha value is -3.29. The predicted molar refractivity (Wildman–Crippen MR) is 126 cm³/mol. The van der Waals surface area contributed by atoms with Gasteiger partial charge in [0.2, 0.25) is 5.88 Å². The maximum absolute atomic E-state index is 14.9. The lowest BCUT2D eigenvalue weighted by atomic mass is 9.95. The number of carbonyl (C=O) groups is 1. The molecular formula is C22H12Cl3F7N4O2. The first-order chi connectivity index (χ1) is 17.6. The first kappa shape index (κ1) is 29.3. The second kappa shape index (κ2) is 11.2. The minimum atomic E-state index is -5.20. The number of nitrogens with one attached hydrogen (secondary N) is 2. The monoisotopic (exact) mass is 602 g/mol. The minimum Gasteiger partial charge on any atom is -0.493 e. The van der Waals surface area contributed by atoms with E-state index in [1.54, 1.807) is 0 Å². The molecule has 6 nitrogen and oxygen atoms in total. The Morgan fingerprint density at radius 1 is 0.974 bits per heavy atom. The Bertz CT molecular complexity index is 1380. The maximum atomic E-state index is 14.9. The van der Waals surface area contributed by atoms with Crippen LogP contribution in [0.5, 0.6) is 5.88 Å². The summed E-state index contributed by atoms with van der Waals surface area (Å²) >= 11 is 17.3. The highest BCUT2D eigenvalue weighted by Crippen LogP contribution is 2.42. The van der Waals surface area contributed by atoms with E-state index < -0.39 is 58.1 Å². The van der Waals surface area contributed by atoms with E-state index in [1.165, 1.54) is 0 Å². The number of amides is 1. The van der Waals surface area contributed by atoms with Gasteiger partial charge in [-0.2, -0.15) is 26.3 Å². The van der Waals surface area contributed by atoms with E-state index in [9.17, 15) is 40.6 Å². The van der Waals surface area contributed by atoms with E-state index in [1.807, 2.05) is 5.43 Å². The molecule has 0 aliphatic rings. The SMILES string of the molecule is O=C(NNc1cc(O)ncn1)c1ccc(/C(F)=C/C(c2cc(Cl)c(Cl)c(Cl)c2)C(F)(F)F)cc1C(F)(F)F. The van der Waals surface area contributed by atoms with Crippen molar-refractivity contribution in [2.24, 2.45) is 0 Å². The Morgan fingerprint density at radius 3 is 2.16 bits per heavy atom. The third-order valence-corrected chi connectivity index (χ3v) is 6.03. The van der Waals surface area contributed by atoms with Crippen LogP contribution in [0.25, 0.3) is 5.83 Å². The number of rotatable bonds is 6. The van der Waals surface area contributed by atoms with Crippen molar-refractivity contribution in [3.8, 4) is 5.88 Å². The van der Waals surface area contributed by atoms with Gasteiger partial charge in [0.1, 0.15) is 18.1 Å². The number of hydrogen-bond donors (Lipinski definition) is 3. The normalized spacial score (nSPS) is 13.3. The molecule has 1 atom stereocenters. The highest BCUT2D eigenvalue weighted by Gasteiger charge is 2.41. The summed E-state index contributed by atoms with van der Waals surface area (Å²) in [5.41, 5.74) is -0.0506. The standard InChI is InChI=1S/C22H12Cl3F7N4O2/c23-14-4-10(5-15(24)19(14)25)12(21(27,28)29)6-16(26)9-1-2-11(13(3-9)22(30,31)32)20(38)36-35-17-7-18(37)34-8-33-17/h1-8,12H,(H,36,38)(H2,33,34,35,37)/b16-6-. The summed E-state index contributed by atoms with van der Waals surface area (Å²) in [6, 6.07) is 4.02. The van der Waals surface area contributed by atoms with Crippen LogP contribution in [0.3, 0.4) is 0 Å². The van der Waals surface area contributed by atoms with Crippen molar-refractivity contribution in [1.29, 1.82) is 0 Å². The molecule has 0 spiro atoms. The molecule has 16 heteroatoms. The number of aromatic nitrogens is 2. The Kier molecular flexibility index (Phi) is 8.64. The molecule has 0 radical (unpaired) electrons. The second-order valence-electron chi connectivity index (χ2n) is 7.43.